The number of piperidine rings is 1. The van der Waals surface area contributed by atoms with E-state index in [0.717, 1.165) is 24.8 Å². The van der Waals surface area contributed by atoms with E-state index in [4.69, 9.17) is 4.74 Å². The van der Waals surface area contributed by atoms with E-state index in [0.29, 0.717) is 58.3 Å². The smallest absolute Gasteiger partial charge is 0.407 e. The van der Waals surface area contributed by atoms with Gasteiger partial charge in [-0.15, -0.1) is 0 Å². The minimum Gasteiger partial charge on any atom is -0.445 e. The Labute approximate surface area is 212 Å². The summed E-state index contributed by atoms with van der Waals surface area (Å²) >= 11 is 0. The van der Waals surface area contributed by atoms with Crippen LogP contribution >= 0.6 is 0 Å². The van der Waals surface area contributed by atoms with Gasteiger partial charge in [0.05, 0.1) is 0 Å². The molecule has 1 atom stereocenters. The van der Waals surface area contributed by atoms with E-state index in [9.17, 15) is 19.2 Å². The Morgan fingerprint density at radius 2 is 1.83 bits per heavy atom. The van der Waals surface area contributed by atoms with Gasteiger partial charge in [-0.1, -0.05) is 37.3 Å². The van der Waals surface area contributed by atoms with Gasteiger partial charge >= 0.3 is 6.09 Å². The van der Waals surface area contributed by atoms with Crippen LogP contribution in [0.2, 0.25) is 0 Å². The van der Waals surface area contributed by atoms with Crippen LogP contribution in [0.4, 0.5) is 4.79 Å². The first-order valence-corrected chi connectivity index (χ1v) is 13.3. The molecule has 2 heterocycles. The highest BCUT2D eigenvalue weighted by Crippen LogP contribution is 2.37. The van der Waals surface area contributed by atoms with Gasteiger partial charge < -0.3 is 25.2 Å². The standard InChI is InChI=1S/C27H38N4O5/c1-2-16-31-24(33)22(10-6-7-15-28-26(35)36-19-20-8-4-3-5-9-20)29-25(34)27(31)13-17-30(18-14-27)23(32)21-11-12-21/h3-5,8-9,21-22H,2,6-7,10-19H2,1H3,(H,28,35)(H,29,34)/t22-/m0/s1. The number of unbranched alkanes of at least 4 members (excludes halogenated alkanes) is 1. The van der Waals surface area contributed by atoms with Gasteiger partial charge in [-0.2, -0.15) is 0 Å². The molecule has 4 amide bonds. The van der Waals surface area contributed by atoms with Crippen LogP contribution in [0.5, 0.6) is 0 Å². The number of nitrogens with one attached hydrogen (secondary N) is 2. The number of likely N-dealkylation sites (tertiary alicyclic amines) is 1. The second kappa shape index (κ2) is 11.8. The number of benzene rings is 1. The van der Waals surface area contributed by atoms with E-state index < -0.39 is 17.7 Å². The first-order valence-electron chi connectivity index (χ1n) is 13.3. The van der Waals surface area contributed by atoms with Gasteiger partial charge in [-0.25, -0.2) is 4.79 Å². The van der Waals surface area contributed by atoms with E-state index in [2.05, 4.69) is 10.6 Å². The van der Waals surface area contributed by atoms with E-state index >= 15 is 0 Å². The predicted octanol–water partition coefficient (Wildman–Crippen LogP) is 2.59. The summed E-state index contributed by atoms with van der Waals surface area (Å²) < 4.78 is 5.21. The summed E-state index contributed by atoms with van der Waals surface area (Å²) in [5.41, 5.74) is 0.0716. The highest BCUT2D eigenvalue weighted by molar-refractivity contribution is 6.00. The topological polar surface area (TPSA) is 108 Å². The summed E-state index contributed by atoms with van der Waals surface area (Å²) in [6.45, 7) is 4.25. The van der Waals surface area contributed by atoms with Crippen molar-refractivity contribution in [2.75, 3.05) is 26.2 Å². The minimum absolute atomic E-state index is 0.0337. The van der Waals surface area contributed by atoms with Gasteiger partial charge in [-0.3, -0.25) is 14.4 Å². The lowest BCUT2D eigenvalue weighted by atomic mass is 9.81. The molecule has 2 aliphatic heterocycles. The Morgan fingerprint density at radius 3 is 2.50 bits per heavy atom. The maximum atomic E-state index is 13.4. The Kier molecular flexibility index (Phi) is 8.48. The highest BCUT2D eigenvalue weighted by atomic mass is 16.5. The number of hydrogen-bond donors (Lipinski definition) is 2. The van der Waals surface area contributed by atoms with Crippen LogP contribution in [-0.2, 0) is 25.7 Å². The highest BCUT2D eigenvalue weighted by Gasteiger charge is 2.53. The molecular weight excluding hydrogens is 460 g/mol. The lowest BCUT2D eigenvalue weighted by Gasteiger charge is -2.51. The lowest BCUT2D eigenvalue weighted by molar-refractivity contribution is -0.162. The van der Waals surface area contributed by atoms with Gasteiger partial charge in [0.15, 0.2) is 0 Å². The fraction of sp³-hybridized carbons (Fsp3) is 0.630. The number of carbonyl (C=O) groups is 4. The Hall–Kier alpha value is -3.10. The van der Waals surface area contributed by atoms with E-state index in [1.807, 2.05) is 42.2 Å². The largest absolute Gasteiger partial charge is 0.445 e. The number of rotatable bonds is 10. The first kappa shape index (κ1) is 26.0. The van der Waals surface area contributed by atoms with Gasteiger partial charge in [-0.05, 0) is 56.9 Å². The van der Waals surface area contributed by atoms with Crippen molar-refractivity contribution in [1.29, 1.82) is 0 Å². The van der Waals surface area contributed by atoms with Crippen molar-refractivity contribution in [2.45, 2.75) is 76.5 Å². The average Bonchev–Trinajstić information content (AvgIpc) is 3.74. The zero-order valence-corrected chi connectivity index (χ0v) is 21.2. The molecule has 1 aromatic carbocycles. The molecule has 0 aromatic heterocycles. The molecule has 0 bridgehead atoms. The van der Waals surface area contributed by atoms with Gasteiger partial charge in [0, 0.05) is 32.1 Å². The zero-order chi connectivity index (χ0) is 25.5. The Bertz CT molecular complexity index is 941. The van der Waals surface area contributed by atoms with Crippen LogP contribution in [0.15, 0.2) is 30.3 Å². The summed E-state index contributed by atoms with van der Waals surface area (Å²) in [5.74, 6) is 0.234. The monoisotopic (exact) mass is 498 g/mol. The maximum Gasteiger partial charge on any atom is 0.407 e. The van der Waals surface area contributed by atoms with Crippen molar-refractivity contribution in [3.63, 3.8) is 0 Å². The minimum atomic E-state index is -0.853. The molecule has 4 rings (SSSR count). The summed E-state index contributed by atoms with van der Waals surface area (Å²) in [4.78, 5) is 54.7. The molecule has 3 aliphatic rings. The number of carbonyl (C=O) groups excluding carboxylic acids is 4. The second-order valence-corrected chi connectivity index (χ2v) is 10.1. The molecule has 9 heteroatoms. The normalized spacial score (nSPS) is 21.3. The average molecular weight is 499 g/mol. The number of hydrogen-bond acceptors (Lipinski definition) is 5. The number of piperazine rings is 1. The van der Waals surface area contributed by atoms with Crippen LogP contribution in [0.3, 0.4) is 0 Å². The molecule has 0 radical (unpaired) electrons. The van der Waals surface area contributed by atoms with Gasteiger partial charge in [0.2, 0.25) is 17.7 Å². The molecule has 0 unspecified atom stereocenters. The molecule has 1 aliphatic carbocycles. The van der Waals surface area contributed by atoms with Crippen molar-refractivity contribution in [3.8, 4) is 0 Å². The molecular formula is C27H38N4O5. The molecule has 2 saturated heterocycles. The molecule has 2 N–H and O–H groups in total. The second-order valence-electron chi connectivity index (χ2n) is 10.1. The zero-order valence-electron chi connectivity index (χ0n) is 21.2. The summed E-state index contributed by atoms with van der Waals surface area (Å²) in [6.07, 6.45) is 5.10. The fourth-order valence-electron chi connectivity index (χ4n) is 5.24. The van der Waals surface area contributed by atoms with Crippen LogP contribution in [0.1, 0.15) is 63.9 Å². The first-order chi connectivity index (χ1) is 17.4. The maximum absolute atomic E-state index is 13.4. The Morgan fingerprint density at radius 1 is 1.11 bits per heavy atom. The van der Waals surface area contributed by atoms with Gasteiger partial charge in [0.25, 0.3) is 0 Å². The van der Waals surface area contributed by atoms with Crippen LogP contribution < -0.4 is 10.6 Å². The van der Waals surface area contributed by atoms with Crippen molar-refractivity contribution in [2.24, 2.45) is 5.92 Å². The van der Waals surface area contributed by atoms with Crippen molar-refractivity contribution < 1.29 is 23.9 Å². The molecule has 1 spiro atoms. The van der Waals surface area contributed by atoms with Crippen LogP contribution in [0, 0.1) is 5.92 Å². The third kappa shape index (κ3) is 5.99. The molecule has 196 valence electrons. The number of alkyl carbamates (subject to hydrolysis) is 1. The lowest BCUT2D eigenvalue weighted by Crippen LogP contribution is -2.73. The third-order valence-corrected chi connectivity index (χ3v) is 7.49. The fourth-order valence-corrected chi connectivity index (χ4v) is 5.24. The molecule has 1 saturated carbocycles. The molecule has 1 aromatic rings. The Balaban J connectivity index is 1.22. The summed E-state index contributed by atoms with van der Waals surface area (Å²) in [5, 5.41) is 5.72. The summed E-state index contributed by atoms with van der Waals surface area (Å²) in [6, 6.07) is 8.93. The van der Waals surface area contributed by atoms with Crippen molar-refractivity contribution >= 4 is 23.8 Å². The SMILES string of the molecule is CCCN1C(=O)[C@H](CCCCNC(=O)OCc2ccccc2)NC(=O)C12CCN(C(=O)C1CC1)CC2. The van der Waals surface area contributed by atoms with Crippen molar-refractivity contribution in [1.82, 2.24) is 20.4 Å². The molecule has 3 fully saturated rings. The van der Waals surface area contributed by atoms with E-state index in [1.54, 1.807) is 4.90 Å². The van der Waals surface area contributed by atoms with Crippen LogP contribution in [-0.4, -0.2) is 71.4 Å². The van der Waals surface area contributed by atoms with E-state index in [-0.39, 0.29) is 30.2 Å². The number of amides is 4. The van der Waals surface area contributed by atoms with Gasteiger partial charge in [0.1, 0.15) is 18.2 Å². The van der Waals surface area contributed by atoms with E-state index in [1.165, 1.54) is 0 Å². The number of ether oxygens (including phenoxy) is 1. The predicted molar refractivity (Wildman–Crippen MR) is 134 cm³/mol. The summed E-state index contributed by atoms with van der Waals surface area (Å²) in [7, 11) is 0. The van der Waals surface area contributed by atoms with Crippen LogP contribution in [0.25, 0.3) is 0 Å². The van der Waals surface area contributed by atoms with Crippen molar-refractivity contribution in [3.05, 3.63) is 35.9 Å². The molecule has 36 heavy (non-hydrogen) atoms. The number of nitrogens with zero attached hydrogens (tertiary/aromatic N) is 2. The molecule has 9 nitrogen and oxygen atoms in total. The third-order valence-electron chi connectivity index (χ3n) is 7.49. The quantitative estimate of drug-likeness (QED) is 0.482.